The Bertz CT molecular complexity index is 934. The van der Waals surface area contributed by atoms with Crippen molar-refractivity contribution in [1.82, 2.24) is 0 Å². The van der Waals surface area contributed by atoms with Crippen LogP contribution in [0.4, 0.5) is 11.4 Å². The number of nitrogens with one attached hydrogen (secondary N) is 2. The fourth-order valence-electron chi connectivity index (χ4n) is 3.41. The van der Waals surface area contributed by atoms with Crippen LogP contribution in [0.1, 0.15) is 11.1 Å². The molecule has 146 valence electrons. The highest BCUT2D eigenvalue weighted by Gasteiger charge is 2.37. The van der Waals surface area contributed by atoms with Gasteiger partial charge in [0.2, 0.25) is 0 Å². The predicted molar refractivity (Wildman–Crippen MR) is 102 cm³/mol. The number of methoxy groups -OCH3 is 1. The number of amides is 1. The van der Waals surface area contributed by atoms with E-state index in [9.17, 15) is 19.7 Å². The van der Waals surface area contributed by atoms with Gasteiger partial charge in [-0.3, -0.25) is 14.9 Å². The standard InChI is InChI=1S/C19H18ClN3O5/c1-28-19(25)17-8-12-4-2-3-5-13(12)10-22(17)11-18(24)21-15-9-14(20)6-7-16(15)23(26)27/h2-7,9,17H,8,10-11H2,1H3,(H,21,24)/p+1/t17-/m0/s1. The minimum atomic E-state index is -0.590. The third-order valence-electron chi connectivity index (χ3n) is 4.76. The van der Waals surface area contributed by atoms with E-state index in [1.165, 1.54) is 25.3 Å². The molecule has 1 heterocycles. The second kappa shape index (κ2) is 8.37. The van der Waals surface area contributed by atoms with E-state index in [0.717, 1.165) is 11.1 Å². The first-order valence-electron chi connectivity index (χ1n) is 8.62. The van der Waals surface area contributed by atoms with Crippen LogP contribution in [-0.2, 0) is 27.3 Å². The number of anilines is 1. The Hall–Kier alpha value is -2.97. The van der Waals surface area contributed by atoms with Gasteiger partial charge >= 0.3 is 5.97 Å². The summed E-state index contributed by atoms with van der Waals surface area (Å²) in [7, 11) is 1.32. The number of carbonyl (C=O) groups excluding carboxylic acids is 2. The molecule has 0 saturated heterocycles. The van der Waals surface area contributed by atoms with Crippen LogP contribution in [0, 0.1) is 10.1 Å². The molecule has 0 bridgehead atoms. The number of nitro groups is 1. The van der Waals surface area contributed by atoms with E-state index in [1.807, 2.05) is 24.3 Å². The predicted octanol–water partition coefficient (Wildman–Crippen LogP) is 1.37. The lowest BCUT2D eigenvalue weighted by atomic mass is 9.94. The smallest absolute Gasteiger partial charge is 0.365 e. The van der Waals surface area contributed by atoms with Gasteiger partial charge in [0.05, 0.1) is 12.0 Å². The fraction of sp³-hybridized carbons (Fsp3) is 0.263. The second-order valence-electron chi connectivity index (χ2n) is 6.53. The van der Waals surface area contributed by atoms with Gasteiger partial charge in [-0.1, -0.05) is 35.9 Å². The van der Waals surface area contributed by atoms with Gasteiger partial charge in [-0.2, -0.15) is 0 Å². The summed E-state index contributed by atoms with van der Waals surface area (Å²) in [6, 6.07) is 11.2. The molecule has 0 fully saturated rings. The molecule has 0 spiro atoms. The number of hydrogen-bond donors (Lipinski definition) is 2. The van der Waals surface area contributed by atoms with Crippen LogP contribution >= 0.6 is 11.6 Å². The number of esters is 1. The molecule has 2 aromatic rings. The molecular formula is C19H19ClN3O5+. The molecule has 1 amide bonds. The topological polar surface area (TPSA) is 103 Å². The monoisotopic (exact) mass is 404 g/mol. The number of nitro benzene ring substituents is 1. The molecule has 28 heavy (non-hydrogen) atoms. The van der Waals surface area contributed by atoms with Crippen molar-refractivity contribution in [2.45, 2.75) is 19.0 Å². The molecule has 2 aromatic carbocycles. The zero-order chi connectivity index (χ0) is 20.3. The Labute approximate surface area is 166 Å². The Morgan fingerprint density at radius 2 is 2.00 bits per heavy atom. The van der Waals surface area contributed by atoms with Crippen LogP contribution in [0.15, 0.2) is 42.5 Å². The highest BCUT2D eigenvalue weighted by atomic mass is 35.5. The van der Waals surface area contributed by atoms with Gasteiger partial charge in [0.1, 0.15) is 12.2 Å². The van der Waals surface area contributed by atoms with Crippen LogP contribution in [0.3, 0.4) is 0 Å². The van der Waals surface area contributed by atoms with E-state index in [0.29, 0.717) is 17.9 Å². The lowest BCUT2D eigenvalue weighted by Crippen LogP contribution is -3.17. The summed E-state index contributed by atoms with van der Waals surface area (Å²) < 4.78 is 4.90. The Morgan fingerprint density at radius 3 is 2.68 bits per heavy atom. The number of nitrogens with zero attached hydrogens (tertiary/aromatic N) is 1. The molecule has 1 aliphatic rings. The first-order valence-corrected chi connectivity index (χ1v) is 9.00. The normalized spacial score (nSPS) is 18.1. The SMILES string of the molecule is COC(=O)[C@@H]1Cc2ccccc2C[NH+]1CC(=O)Nc1cc(Cl)ccc1[N+](=O)[O-]. The maximum Gasteiger partial charge on any atom is 0.365 e. The minimum absolute atomic E-state index is 0.0222. The van der Waals surface area contributed by atoms with Gasteiger partial charge in [-0.15, -0.1) is 0 Å². The zero-order valence-corrected chi connectivity index (χ0v) is 15.9. The lowest BCUT2D eigenvalue weighted by Gasteiger charge is -2.31. The summed E-state index contributed by atoms with van der Waals surface area (Å²) in [4.78, 5) is 36.1. The molecule has 2 N–H and O–H groups in total. The summed E-state index contributed by atoms with van der Waals surface area (Å²) in [6.45, 7) is 0.429. The van der Waals surface area contributed by atoms with Gasteiger partial charge in [-0.25, -0.2) is 4.79 Å². The molecule has 0 radical (unpaired) electrons. The van der Waals surface area contributed by atoms with Gasteiger partial charge < -0.3 is 15.0 Å². The van der Waals surface area contributed by atoms with E-state index >= 15 is 0 Å². The van der Waals surface area contributed by atoms with Crippen molar-refractivity contribution in [2.24, 2.45) is 0 Å². The molecule has 0 aromatic heterocycles. The summed E-state index contributed by atoms with van der Waals surface area (Å²) in [5.74, 6) is -0.848. The van der Waals surface area contributed by atoms with Crippen molar-refractivity contribution >= 4 is 34.9 Å². The third kappa shape index (κ3) is 4.29. The number of quaternary nitrogens is 1. The number of rotatable bonds is 5. The van der Waals surface area contributed by atoms with Gasteiger partial charge in [0, 0.05) is 23.1 Å². The minimum Gasteiger partial charge on any atom is -0.465 e. The molecule has 2 atom stereocenters. The van der Waals surface area contributed by atoms with Crippen LogP contribution in [0.2, 0.25) is 5.02 Å². The number of halogens is 1. The van der Waals surface area contributed by atoms with E-state index < -0.39 is 22.8 Å². The van der Waals surface area contributed by atoms with E-state index in [1.54, 1.807) is 0 Å². The molecule has 3 rings (SSSR count). The van der Waals surface area contributed by atoms with E-state index in [2.05, 4.69) is 5.32 Å². The maximum atomic E-state index is 12.6. The average molecular weight is 405 g/mol. The summed E-state index contributed by atoms with van der Waals surface area (Å²) >= 11 is 5.90. The molecule has 1 unspecified atom stereocenters. The number of hydrogen-bond acceptors (Lipinski definition) is 5. The lowest BCUT2D eigenvalue weighted by molar-refractivity contribution is -0.924. The number of carbonyl (C=O) groups is 2. The van der Waals surface area contributed by atoms with E-state index in [4.69, 9.17) is 16.3 Å². The molecule has 0 saturated carbocycles. The Morgan fingerprint density at radius 1 is 1.29 bits per heavy atom. The highest BCUT2D eigenvalue weighted by Crippen LogP contribution is 2.27. The average Bonchev–Trinajstić information content (AvgIpc) is 2.66. The van der Waals surface area contributed by atoms with Crippen LogP contribution in [0.5, 0.6) is 0 Å². The molecule has 9 heteroatoms. The first-order chi connectivity index (χ1) is 13.4. The van der Waals surface area contributed by atoms with Gasteiger partial charge in [0.25, 0.3) is 11.6 Å². The molecule has 0 aliphatic carbocycles. The van der Waals surface area contributed by atoms with Gasteiger partial charge in [-0.05, 0) is 17.7 Å². The number of benzene rings is 2. The third-order valence-corrected chi connectivity index (χ3v) is 4.99. The van der Waals surface area contributed by atoms with Crippen molar-refractivity contribution in [3.8, 4) is 0 Å². The van der Waals surface area contributed by atoms with Gasteiger partial charge in [0.15, 0.2) is 12.6 Å². The largest absolute Gasteiger partial charge is 0.465 e. The second-order valence-corrected chi connectivity index (χ2v) is 6.96. The fourth-order valence-corrected chi connectivity index (χ4v) is 3.58. The van der Waals surface area contributed by atoms with Crippen molar-refractivity contribution in [1.29, 1.82) is 0 Å². The zero-order valence-electron chi connectivity index (χ0n) is 15.1. The number of fused-ring (bicyclic) bond motifs is 1. The van der Waals surface area contributed by atoms with Crippen molar-refractivity contribution < 1.29 is 24.1 Å². The summed E-state index contributed by atoms with van der Waals surface area (Å²) in [5.41, 5.74) is 1.88. The van der Waals surface area contributed by atoms with Crippen LogP contribution in [0.25, 0.3) is 0 Å². The molecule has 8 nitrogen and oxygen atoms in total. The van der Waals surface area contributed by atoms with Crippen LogP contribution < -0.4 is 10.2 Å². The summed E-state index contributed by atoms with van der Waals surface area (Å²) in [6.07, 6.45) is 0.461. The Kier molecular flexibility index (Phi) is 5.91. The quantitative estimate of drug-likeness (QED) is 0.445. The number of ether oxygens (including phenoxy) is 1. The summed E-state index contributed by atoms with van der Waals surface area (Å²) in [5, 5.41) is 14.0. The maximum absolute atomic E-state index is 12.6. The van der Waals surface area contributed by atoms with E-state index in [-0.39, 0.29) is 22.9 Å². The molecular weight excluding hydrogens is 386 g/mol. The van der Waals surface area contributed by atoms with Crippen molar-refractivity contribution in [3.05, 3.63) is 68.7 Å². The molecule has 1 aliphatic heterocycles. The van der Waals surface area contributed by atoms with Crippen molar-refractivity contribution in [3.63, 3.8) is 0 Å². The van der Waals surface area contributed by atoms with Crippen molar-refractivity contribution in [2.75, 3.05) is 19.0 Å². The first kappa shape index (κ1) is 19.8. The highest BCUT2D eigenvalue weighted by molar-refractivity contribution is 6.31. The van der Waals surface area contributed by atoms with Crippen LogP contribution in [-0.4, -0.2) is 36.5 Å². The Balaban J connectivity index is 1.79.